The van der Waals surface area contributed by atoms with Crippen molar-refractivity contribution < 1.29 is 43.0 Å². The smallest absolute Gasteiger partial charge is 0.511 e. The van der Waals surface area contributed by atoms with Gasteiger partial charge in [-0.2, -0.15) is 0 Å². The average Bonchev–Trinajstić information content (AvgIpc) is 2.40. The van der Waals surface area contributed by atoms with Crippen LogP contribution in [-0.2, 0) is 28.5 Å². The number of rotatable bonds is 9. The molecule has 23 heavy (non-hydrogen) atoms. The molecule has 0 aliphatic rings. The molecule has 0 saturated heterocycles. The molecule has 0 fully saturated rings. The van der Waals surface area contributed by atoms with Crippen LogP contribution in [0.1, 0.15) is 33.6 Å². The van der Waals surface area contributed by atoms with E-state index in [1.54, 1.807) is 13.8 Å². The lowest BCUT2D eigenvalue weighted by molar-refractivity contribution is -0.173. The molecule has 0 radical (unpaired) electrons. The van der Waals surface area contributed by atoms with Gasteiger partial charge < -0.3 is 28.7 Å². The molecule has 0 rings (SSSR count). The summed E-state index contributed by atoms with van der Waals surface area (Å²) in [5.41, 5.74) is 0. The predicted molar refractivity (Wildman–Crippen MR) is 81.8 cm³/mol. The Bertz CT molecular complexity index is 402. The number of carbonyl (C=O) groups excluding carboxylic acids is 3. The fourth-order valence-corrected chi connectivity index (χ4v) is 2.24. The Labute approximate surface area is 136 Å². The molecule has 0 amide bonds. The zero-order valence-electron chi connectivity index (χ0n) is 13.6. The van der Waals surface area contributed by atoms with Crippen LogP contribution >= 0.6 is 8.38 Å². The van der Waals surface area contributed by atoms with Crippen LogP contribution in [0, 0.1) is 5.92 Å². The van der Waals surface area contributed by atoms with Crippen LogP contribution in [0.25, 0.3) is 0 Å². The van der Waals surface area contributed by atoms with Crippen molar-refractivity contribution >= 4 is 34.5 Å². The highest BCUT2D eigenvalue weighted by atomic mass is 31.2. The van der Waals surface area contributed by atoms with Gasteiger partial charge in [0.1, 0.15) is 0 Å². The molecule has 2 unspecified atom stereocenters. The summed E-state index contributed by atoms with van der Waals surface area (Å²) in [6, 6.07) is 0. The molecule has 0 spiro atoms. The molecule has 0 bridgehead atoms. The van der Waals surface area contributed by atoms with Gasteiger partial charge in [0.25, 0.3) is 5.97 Å². The Hall–Kier alpha value is -1.38. The van der Waals surface area contributed by atoms with E-state index in [4.69, 9.17) is 24.0 Å². The van der Waals surface area contributed by atoms with E-state index in [0.717, 1.165) is 0 Å². The molecular weight excluding hydrogens is 330 g/mol. The lowest BCUT2D eigenvalue weighted by atomic mass is 10.1. The van der Waals surface area contributed by atoms with Gasteiger partial charge in [0.15, 0.2) is 8.38 Å². The second-order valence-electron chi connectivity index (χ2n) is 4.91. The minimum absolute atomic E-state index is 0.0224. The maximum absolute atomic E-state index is 12.0. The Kier molecular flexibility index (Phi) is 10.5. The topological polar surface area (TPSA) is 129 Å². The number of hydrogen-bond donors (Lipinski definition) is 2. The van der Waals surface area contributed by atoms with Crippen LogP contribution in [0.4, 0.5) is 4.79 Å². The van der Waals surface area contributed by atoms with Gasteiger partial charge in [-0.15, -0.1) is 0 Å². The number of carbonyl (C=O) groups is 3. The highest BCUT2D eigenvalue weighted by Crippen LogP contribution is 2.29. The van der Waals surface area contributed by atoms with Gasteiger partial charge >= 0.3 is 20.2 Å². The third kappa shape index (κ3) is 10.9. The summed E-state index contributed by atoms with van der Waals surface area (Å²) in [6.45, 7) is 4.58. The van der Waals surface area contributed by atoms with Crippen molar-refractivity contribution in [2.75, 3.05) is 6.16 Å². The molecule has 11 heteroatoms. The second-order valence-corrected chi connectivity index (χ2v) is 6.02. The monoisotopic (exact) mass is 352 g/mol. The van der Waals surface area contributed by atoms with Crippen molar-refractivity contribution in [2.24, 2.45) is 5.92 Å². The summed E-state index contributed by atoms with van der Waals surface area (Å²) in [4.78, 5) is 52.5. The molecular formula is C12H22BO9P. The molecule has 0 aromatic heterocycles. The molecule has 2 N–H and O–H groups in total. The van der Waals surface area contributed by atoms with E-state index >= 15 is 0 Å². The molecule has 132 valence electrons. The van der Waals surface area contributed by atoms with Crippen molar-refractivity contribution in [3.05, 3.63) is 0 Å². The van der Waals surface area contributed by atoms with Crippen LogP contribution in [0.3, 0.4) is 0 Å². The van der Waals surface area contributed by atoms with Crippen LogP contribution < -0.4 is 0 Å². The van der Waals surface area contributed by atoms with E-state index in [2.05, 4.69) is 4.65 Å². The van der Waals surface area contributed by atoms with E-state index in [1.807, 2.05) is 0 Å². The van der Waals surface area contributed by atoms with E-state index in [9.17, 15) is 14.4 Å². The first kappa shape index (κ1) is 21.6. The quantitative estimate of drug-likeness (QED) is 0.259. The first-order chi connectivity index (χ1) is 10.6. The van der Waals surface area contributed by atoms with Gasteiger partial charge in [-0.1, -0.05) is 0 Å². The van der Waals surface area contributed by atoms with Crippen LogP contribution in [0.15, 0.2) is 0 Å². The molecule has 0 heterocycles. The van der Waals surface area contributed by atoms with Crippen molar-refractivity contribution in [3.63, 3.8) is 0 Å². The van der Waals surface area contributed by atoms with Gasteiger partial charge in [-0.05, 0) is 20.3 Å². The van der Waals surface area contributed by atoms with Crippen molar-refractivity contribution in [3.8, 4) is 0 Å². The molecule has 2 atom stereocenters. The van der Waals surface area contributed by atoms with Gasteiger partial charge in [0, 0.05) is 19.5 Å². The Morgan fingerprint density at radius 1 is 1.09 bits per heavy atom. The van der Waals surface area contributed by atoms with Crippen LogP contribution in [0.2, 0.25) is 0 Å². The lowest BCUT2D eigenvalue weighted by Crippen LogP contribution is -2.29. The zero-order chi connectivity index (χ0) is 18.0. The molecule has 0 aliphatic heterocycles. The SMILES string of the molecule is BOC(=O)CCC(CP(O)O)C(=O)OC(C)OC(=O)OC(C)C. The predicted octanol–water partition coefficient (Wildman–Crippen LogP) is 0.221. The Morgan fingerprint density at radius 3 is 2.17 bits per heavy atom. The van der Waals surface area contributed by atoms with Crippen LogP contribution in [0.5, 0.6) is 0 Å². The zero-order valence-corrected chi connectivity index (χ0v) is 14.4. The molecule has 0 aliphatic carbocycles. The van der Waals surface area contributed by atoms with Gasteiger partial charge in [0.2, 0.25) is 6.29 Å². The summed E-state index contributed by atoms with van der Waals surface area (Å²) >= 11 is 0. The summed E-state index contributed by atoms with van der Waals surface area (Å²) < 4.78 is 18.8. The normalized spacial score (nSPS) is 13.3. The summed E-state index contributed by atoms with van der Waals surface area (Å²) in [6.07, 6.45) is -2.89. The van der Waals surface area contributed by atoms with Crippen molar-refractivity contribution in [1.29, 1.82) is 0 Å². The first-order valence-corrected chi connectivity index (χ1v) is 8.38. The summed E-state index contributed by atoms with van der Waals surface area (Å²) in [7, 11) is -1.14. The Balaban J connectivity index is 4.50. The average molecular weight is 352 g/mol. The minimum Gasteiger partial charge on any atom is -0.543 e. The standard InChI is InChI=1S/C12H22BO9P/c1-7(2)19-12(16)21-8(3)20-11(15)9(6-23(17)18)4-5-10(14)22-13/h7-9,17-18H,4-6,13H2,1-3H3. The summed E-state index contributed by atoms with van der Waals surface area (Å²) in [5, 5.41) is 0. The molecule has 0 aromatic carbocycles. The third-order valence-electron chi connectivity index (χ3n) is 2.52. The van der Waals surface area contributed by atoms with Gasteiger partial charge in [-0.25, -0.2) is 4.79 Å². The first-order valence-electron chi connectivity index (χ1n) is 6.95. The lowest BCUT2D eigenvalue weighted by Gasteiger charge is -2.19. The highest BCUT2D eigenvalue weighted by Gasteiger charge is 2.27. The van der Waals surface area contributed by atoms with Gasteiger partial charge in [-0.3, -0.25) is 9.59 Å². The highest BCUT2D eigenvalue weighted by molar-refractivity contribution is 7.45. The minimum atomic E-state index is -2.35. The maximum atomic E-state index is 12.0. The van der Waals surface area contributed by atoms with E-state index in [1.165, 1.54) is 15.0 Å². The fraction of sp³-hybridized carbons (Fsp3) is 0.750. The molecule has 0 saturated carbocycles. The van der Waals surface area contributed by atoms with E-state index < -0.39 is 38.7 Å². The second kappa shape index (κ2) is 11.2. The summed E-state index contributed by atoms with van der Waals surface area (Å²) in [5.74, 6) is -2.27. The van der Waals surface area contributed by atoms with Gasteiger partial charge in [0.05, 0.1) is 12.0 Å². The third-order valence-corrected chi connectivity index (χ3v) is 3.29. The largest absolute Gasteiger partial charge is 0.543 e. The van der Waals surface area contributed by atoms with E-state index in [-0.39, 0.29) is 25.1 Å². The number of ether oxygens (including phenoxy) is 3. The maximum Gasteiger partial charge on any atom is 0.511 e. The Morgan fingerprint density at radius 2 is 1.70 bits per heavy atom. The molecule has 9 nitrogen and oxygen atoms in total. The fourth-order valence-electron chi connectivity index (χ4n) is 1.51. The van der Waals surface area contributed by atoms with Crippen molar-refractivity contribution in [2.45, 2.75) is 46.0 Å². The number of hydrogen-bond acceptors (Lipinski definition) is 9. The number of esters is 1. The van der Waals surface area contributed by atoms with E-state index in [0.29, 0.717) is 0 Å². The van der Waals surface area contributed by atoms with Crippen LogP contribution in [-0.4, -0.2) is 54.5 Å². The molecule has 0 aromatic rings. The van der Waals surface area contributed by atoms with Crippen molar-refractivity contribution in [1.82, 2.24) is 0 Å².